The number of fused-ring (bicyclic) bond motifs is 5. The molecule has 0 saturated carbocycles. The van der Waals surface area contributed by atoms with E-state index in [1.807, 2.05) is 19.1 Å². The van der Waals surface area contributed by atoms with Crippen molar-refractivity contribution in [2.24, 2.45) is 0 Å². The van der Waals surface area contributed by atoms with Crippen LogP contribution < -0.4 is 10.4 Å². The van der Waals surface area contributed by atoms with E-state index in [1.165, 1.54) is 12.8 Å². The molecule has 0 unspecified atom stereocenters. The third-order valence-corrected chi connectivity index (χ3v) is 4.61. The summed E-state index contributed by atoms with van der Waals surface area (Å²) < 4.78 is 11.6. The van der Waals surface area contributed by atoms with Gasteiger partial charge in [0.2, 0.25) is 0 Å². The van der Waals surface area contributed by atoms with Gasteiger partial charge in [-0.05, 0) is 50.0 Å². The molecule has 4 rings (SSSR count). The Hall–Kier alpha value is -2.03. The van der Waals surface area contributed by atoms with Gasteiger partial charge in [-0.15, -0.1) is 0 Å². The van der Waals surface area contributed by atoms with Crippen LogP contribution in [0.25, 0.3) is 11.0 Å². The van der Waals surface area contributed by atoms with Crippen LogP contribution in [-0.4, -0.2) is 6.10 Å². The van der Waals surface area contributed by atoms with Gasteiger partial charge in [0.05, 0.1) is 0 Å². The SMILES string of the molecule is Cc1cc(=O)oc2c3c(ccc12)O[C@H]1/C=C\CCCC[C@@H]31. The van der Waals surface area contributed by atoms with Gasteiger partial charge in [-0.3, -0.25) is 0 Å². The Morgan fingerprint density at radius 3 is 3.05 bits per heavy atom. The molecule has 2 aliphatic rings. The molecular formula is C18H18O3. The largest absolute Gasteiger partial charge is 0.485 e. The Balaban J connectivity index is 1.96. The summed E-state index contributed by atoms with van der Waals surface area (Å²) >= 11 is 0. The first-order valence-corrected chi connectivity index (χ1v) is 7.65. The Kier molecular flexibility index (Phi) is 2.88. The molecule has 2 atom stereocenters. The first-order chi connectivity index (χ1) is 10.2. The molecule has 0 fully saturated rings. The zero-order valence-corrected chi connectivity index (χ0v) is 12.1. The van der Waals surface area contributed by atoms with Crippen molar-refractivity contribution in [3.05, 3.63) is 51.9 Å². The molecule has 0 saturated heterocycles. The number of rotatable bonds is 0. The number of hydrogen-bond acceptors (Lipinski definition) is 3. The zero-order valence-electron chi connectivity index (χ0n) is 12.1. The van der Waals surface area contributed by atoms with Gasteiger partial charge in [-0.25, -0.2) is 4.79 Å². The van der Waals surface area contributed by atoms with Crippen LogP contribution in [0.15, 0.2) is 39.6 Å². The highest BCUT2D eigenvalue weighted by Crippen LogP contribution is 2.46. The minimum atomic E-state index is -0.279. The molecule has 2 heterocycles. The summed E-state index contributed by atoms with van der Waals surface area (Å²) in [4.78, 5) is 11.8. The molecule has 0 radical (unpaired) electrons. The summed E-state index contributed by atoms with van der Waals surface area (Å²) in [6, 6.07) is 5.57. The molecule has 3 nitrogen and oxygen atoms in total. The molecule has 0 spiro atoms. The molecule has 0 N–H and O–H groups in total. The standard InChI is InChI=1S/C18H18O3/c1-11-10-16(19)21-18-12(11)8-9-15-17(18)13-6-4-2-3-5-7-14(13)20-15/h5,7-10,13-14H,2-4,6H2,1H3/b7-5-/t13-,14+/m1/s1. The van der Waals surface area contributed by atoms with Gasteiger partial charge >= 0.3 is 5.63 Å². The average Bonchev–Trinajstić information content (AvgIpc) is 2.76. The van der Waals surface area contributed by atoms with E-state index in [-0.39, 0.29) is 11.7 Å². The van der Waals surface area contributed by atoms with Gasteiger partial charge in [-0.1, -0.05) is 12.5 Å². The highest BCUT2D eigenvalue weighted by atomic mass is 16.5. The second-order valence-electron chi connectivity index (χ2n) is 6.00. The molecule has 108 valence electrons. The van der Waals surface area contributed by atoms with Crippen LogP contribution in [0.3, 0.4) is 0 Å². The van der Waals surface area contributed by atoms with Crippen LogP contribution in [0.2, 0.25) is 0 Å². The first-order valence-electron chi connectivity index (χ1n) is 7.65. The fourth-order valence-electron chi connectivity index (χ4n) is 3.57. The van der Waals surface area contributed by atoms with Crippen LogP contribution in [0.5, 0.6) is 5.75 Å². The van der Waals surface area contributed by atoms with Gasteiger partial charge in [-0.2, -0.15) is 0 Å². The fourth-order valence-corrected chi connectivity index (χ4v) is 3.57. The Morgan fingerprint density at radius 2 is 2.14 bits per heavy atom. The molecule has 3 heteroatoms. The molecule has 2 aromatic rings. The third kappa shape index (κ3) is 1.99. The minimum absolute atomic E-state index is 0.0803. The Bertz CT molecular complexity index is 785. The fraction of sp³-hybridized carbons (Fsp3) is 0.389. The van der Waals surface area contributed by atoms with Crippen molar-refractivity contribution in [3.8, 4) is 5.75 Å². The topological polar surface area (TPSA) is 39.4 Å². The summed E-state index contributed by atoms with van der Waals surface area (Å²) in [5.74, 6) is 1.17. The number of allylic oxidation sites excluding steroid dienone is 1. The van der Waals surface area contributed by atoms with Crippen LogP contribution in [0.4, 0.5) is 0 Å². The van der Waals surface area contributed by atoms with Gasteiger partial charge < -0.3 is 9.15 Å². The molecule has 21 heavy (non-hydrogen) atoms. The third-order valence-electron chi connectivity index (χ3n) is 4.61. The predicted molar refractivity (Wildman–Crippen MR) is 82.0 cm³/mol. The maximum atomic E-state index is 11.8. The van der Waals surface area contributed by atoms with E-state index in [2.05, 4.69) is 12.2 Å². The van der Waals surface area contributed by atoms with Gasteiger partial charge in [0.1, 0.15) is 17.4 Å². The lowest BCUT2D eigenvalue weighted by Crippen LogP contribution is -2.17. The summed E-state index contributed by atoms with van der Waals surface area (Å²) in [6.07, 6.45) is 9.06. The molecule has 0 bridgehead atoms. The van der Waals surface area contributed by atoms with Crippen molar-refractivity contribution in [3.63, 3.8) is 0 Å². The Labute approximate surface area is 123 Å². The maximum absolute atomic E-state index is 11.8. The quantitative estimate of drug-likeness (QED) is 0.540. The lowest BCUT2D eigenvalue weighted by Gasteiger charge is -2.18. The van der Waals surface area contributed by atoms with E-state index in [0.29, 0.717) is 5.92 Å². The summed E-state index contributed by atoms with van der Waals surface area (Å²) in [5.41, 5.74) is 2.50. The van der Waals surface area contributed by atoms with Crippen LogP contribution in [-0.2, 0) is 0 Å². The molecule has 1 aliphatic carbocycles. The van der Waals surface area contributed by atoms with Crippen LogP contribution >= 0.6 is 0 Å². The average molecular weight is 282 g/mol. The number of hydrogen-bond donors (Lipinski definition) is 0. The van der Waals surface area contributed by atoms with E-state index in [0.717, 1.165) is 40.7 Å². The van der Waals surface area contributed by atoms with Gasteiger partial charge in [0.25, 0.3) is 0 Å². The second-order valence-corrected chi connectivity index (χ2v) is 6.00. The van der Waals surface area contributed by atoms with E-state index < -0.39 is 0 Å². The van der Waals surface area contributed by atoms with Crippen molar-refractivity contribution in [2.75, 3.05) is 0 Å². The highest BCUT2D eigenvalue weighted by Gasteiger charge is 2.35. The lowest BCUT2D eigenvalue weighted by atomic mass is 9.87. The minimum Gasteiger partial charge on any atom is -0.485 e. The number of benzene rings is 1. The zero-order chi connectivity index (χ0) is 14.4. The second kappa shape index (κ2) is 4.76. The summed E-state index contributed by atoms with van der Waals surface area (Å²) in [5, 5.41) is 1.02. The normalized spacial score (nSPS) is 25.6. The van der Waals surface area contributed by atoms with Crippen molar-refractivity contribution in [1.29, 1.82) is 0 Å². The van der Waals surface area contributed by atoms with E-state index in [4.69, 9.17) is 9.15 Å². The van der Waals surface area contributed by atoms with E-state index in [9.17, 15) is 4.79 Å². The summed E-state index contributed by atoms with van der Waals surface area (Å²) in [6.45, 7) is 1.96. The van der Waals surface area contributed by atoms with Gasteiger partial charge in [0, 0.05) is 22.9 Å². The lowest BCUT2D eigenvalue weighted by molar-refractivity contribution is 0.245. The van der Waals surface area contributed by atoms with Crippen LogP contribution in [0.1, 0.15) is 42.7 Å². The smallest absolute Gasteiger partial charge is 0.336 e. The van der Waals surface area contributed by atoms with E-state index >= 15 is 0 Å². The molecule has 0 amide bonds. The van der Waals surface area contributed by atoms with Crippen molar-refractivity contribution >= 4 is 11.0 Å². The van der Waals surface area contributed by atoms with Crippen molar-refractivity contribution in [2.45, 2.75) is 44.6 Å². The van der Waals surface area contributed by atoms with E-state index in [1.54, 1.807) is 6.07 Å². The van der Waals surface area contributed by atoms with Gasteiger partial charge in [0.15, 0.2) is 0 Å². The first kappa shape index (κ1) is 12.7. The molecule has 1 aliphatic heterocycles. The highest BCUT2D eigenvalue weighted by molar-refractivity contribution is 5.86. The number of ether oxygens (including phenoxy) is 1. The predicted octanol–water partition coefficient (Wildman–Crippen LogP) is 4.08. The monoisotopic (exact) mass is 282 g/mol. The molecular weight excluding hydrogens is 264 g/mol. The van der Waals surface area contributed by atoms with Crippen molar-refractivity contribution < 1.29 is 9.15 Å². The van der Waals surface area contributed by atoms with Crippen molar-refractivity contribution in [1.82, 2.24) is 0 Å². The molecule has 1 aromatic heterocycles. The summed E-state index contributed by atoms with van der Waals surface area (Å²) in [7, 11) is 0. The molecule has 1 aromatic carbocycles. The maximum Gasteiger partial charge on any atom is 0.336 e. The van der Waals surface area contributed by atoms with Crippen LogP contribution in [0, 0.1) is 6.92 Å². The Morgan fingerprint density at radius 1 is 1.24 bits per heavy atom. The number of aryl methyl sites for hydroxylation is 1.